The lowest BCUT2D eigenvalue weighted by atomic mass is 9.96. The van der Waals surface area contributed by atoms with Crippen molar-refractivity contribution in [2.45, 2.75) is 45.2 Å². The Balaban J connectivity index is 1.35. The van der Waals surface area contributed by atoms with Crippen molar-refractivity contribution in [1.82, 2.24) is 0 Å². The molecule has 0 spiro atoms. The molecule has 2 unspecified atom stereocenters. The molecule has 1 aliphatic rings. The molecule has 34 heavy (non-hydrogen) atoms. The minimum atomic E-state index is -0.486. The molecule has 0 aromatic heterocycles. The zero-order chi connectivity index (χ0) is 24.1. The Morgan fingerprint density at radius 1 is 0.882 bits per heavy atom. The van der Waals surface area contributed by atoms with Crippen molar-refractivity contribution >= 4 is 29.1 Å². The molecule has 6 heteroatoms. The van der Waals surface area contributed by atoms with Crippen molar-refractivity contribution < 1.29 is 14.3 Å². The number of carbonyl (C=O) groups is 2. The summed E-state index contributed by atoms with van der Waals surface area (Å²) >= 11 is 0. The van der Waals surface area contributed by atoms with Gasteiger partial charge in [0.25, 0.3) is 5.91 Å². The normalized spacial score (nSPS) is 17.7. The topological polar surface area (TPSA) is 61.9 Å². The number of hydrogen-bond donors (Lipinski definition) is 1. The van der Waals surface area contributed by atoms with E-state index in [1.807, 2.05) is 54.6 Å². The van der Waals surface area contributed by atoms with Crippen LogP contribution in [0.5, 0.6) is 5.75 Å². The zero-order valence-electron chi connectivity index (χ0n) is 19.9. The van der Waals surface area contributed by atoms with E-state index in [9.17, 15) is 9.59 Å². The third kappa shape index (κ3) is 5.39. The number of piperidine rings is 1. The third-order valence-corrected chi connectivity index (χ3v) is 6.36. The van der Waals surface area contributed by atoms with E-state index >= 15 is 0 Å². The summed E-state index contributed by atoms with van der Waals surface area (Å²) < 4.78 is 5.43. The lowest BCUT2D eigenvalue weighted by Gasteiger charge is -2.41. The van der Waals surface area contributed by atoms with Gasteiger partial charge in [0, 0.05) is 41.8 Å². The zero-order valence-corrected chi connectivity index (χ0v) is 19.9. The molecular formula is C28H31N3O3. The molecule has 2 amide bonds. The van der Waals surface area contributed by atoms with E-state index in [-0.39, 0.29) is 5.91 Å². The minimum absolute atomic E-state index is 0.181. The lowest BCUT2D eigenvalue weighted by molar-refractivity contribution is 0.102. The summed E-state index contributed by atoms with van der Waals surface area (Å²) in [6, 6.07) is 24.8. The Morgan fingerprint density at radius 3 is 2.12 bits per heavy atom. The van der Waals surface area contributed by atoms with Gasteiger partial charge in [-0.15, -0.1) is 0 Å². The highest BCUT2D eigenvalue weighted by molar-refractivity contribution is 6.04. The maximum atomic E-state index is 12.7. The largest absolute Gasteiger partial charge is 0.419 e. The average Bonchev–Trinajstić information content (AvgIpc) is 2.85. The number of benzene rings is 3. The molecule has 6 nitrogen and oxygen atoms in total. The highest BCUT2D eigenvalue weighted by Crippen LogP contribution is 2.29. The molecule has 1 N–H and O–H groups in total. The second-order valence-electron chi connectivity index (χ2n) is 8.82. The van der Waals surface area contributed by atoms with Crippen LogP contribution < -0.4 is 19.9 Å². The summed E-state index contributed by atoms with van der Waals surface area (Å²) in [7, 11) is 1.66. The summed E-state index contributed by atoms with van der Waals surface area (Å²) in [6.45, 7) is 4.52. The molecule has 3 aromatic rings. The Bertz CT molecular complexity index is 1100. The van der Waals surface area contributed by atoms with Gasteiger partial charge in [-0.3, -0.25) is 9.69 Å². The van der Waals surface area contributed by atoms with Crippen LogP contribution in [0.1, 0.15) is 43.5 Å². The van der Waals surface area contributed by atoms with E-state index in [1.54, 1.807) is 31.3 Å². The van der Waals surface area contributed by atoms with Gasteiger partial charge in [0.2, 0.25) is 0 Å². The first-order chi connectivity index (χ1) is 16.4. The number of para-hydroxylation sites is 1. The van der Waals surface area contributed by atoms with E-state index in [1.165, 1.54) is 24.2 Å². The number of rotatable bonds is 5. The molecule has 176 valence electrons. The minimum Gasteiger partial charge on any atom is -0.410 e. The predicted octanol–water partition coefficient (Wildman–Crippen LogP) is 6.34. The second-order valence-corrected chi connectivity index (χ2v) is 8.82. The Morgan fingerprint density at radius 2 is 1.50 bits per heavy atom. The molecule has 1 fully saturated rings. The first-order valence-electron chi connectivity index (χ1n) is 11.7. The molecule has 0 radical (unpaired) electrons. The third-order valence-electron chi connectivity index (χ3n) is 6.36. The Kier molecular flexibility index (Phi) is 7.16. The van der Waals surface area contributed by atoms with Crippen molar-refractivity contribution in [2.75, 3.05) is 22.2 Å². The fourth-order valence-electron chi connectivity index (χ4n) is 4.45. The standard InChI is InChI=1S/C28H31N3O3/c1-20-8-7-9-21(2)31(20)25-16-12-22(13-17-25)27(32)29-23-14-18-26(19-15-23)34-28(33)30(3)24-10-5-4-6-11-24/h4-6,10-21H,7-9H2,1-3H3,(H,29,32). The molecule has 0 bridgehead atoms. The molecule has 1 saturated heterocycles. The first-order valence-corrected chi connectivity index (χ1v) is 11.7. The molecule has 0 aliphatic carbocycles. The van der Waals surface area contributed by atoms with E-state index in [0.717, 1.165) is 11.4 Å². The van der Waals surface area contributed by atoms with E-state index in [0.29, 0.717) is 29.1 Å². The molecule has 3 aromatic carbocycles. The van der Waals surface area contributed by atoms with Crippen molar-refractivity contribution in [2.24, 2.45) is 0 Å². The van der Waals surface area contributed by atoms with Crippen LogP contribution in [0.15, 0.2) is 78.9 Å². The summed E-state index contributed by atoms with van der Waals surface area (Å²) in [6.07, 6.45) is 3.17. The monoisotopic (exact) mass is 457 g/mol. The number of anilines is 3. The lowest BCUT2D eigenvalue weighted by Crippen LogP contribution is -2.43. The van der Waals surface area contributed by atoms with Gasteiger partial charge in [0.05, 0.1) is 0 Å². The Hall–Kier alpha value is -3.80. The van der Waals surface area contributed by atoms with Gasteiger partial charge in [-0.2, -0.15) is 0 Å². The van der Waals surface area contributed by atoms with Crippen LogP contribution in [0.25, 0.3) is 0 Å². The SMILES string of the molecule is CC1CCCC(C)N1c1ccc(C(=O)Nc2ccc(OC(=O)N(C)c3ccccc3)cc2)cc1. The molecule has 1 aliphatic heterocycles. The summed E-state index contributed by atoms with van der Waals surface area (Å²) in [5, 5.41) is 2.90. The van der Waals surface area contributed by atoms with Gasteiger partial charge in [-0.1, -0.05) is 18.2 Å². The van der Waals surface area contributed by atoms with Crippen LogP contribution in [0.2, 0.25) is 0 Å². The number of ether oxygens (including phenoxy) is 1. The fourth-order valence-corrected chi connectivity index (χ4v) is 4.45. The predicted molar refractivity (Wildman–Crippen MR) is 137 cm³/mol. The Labute approximate surface area is 201 Å². The smallest absolute Gasteiger partial charge is 0.410 e. The number of nitrogens with zero attached hydrogens (tertiary/aromatic N) is 2. The van der Waals surface area contributed by atoms with Crippen LogP contribution in [-0.4, -0.2) is 31.1 Å². The second kappa shape index (κ2) is 10.4. The van der Waals surface area contributed by atoms with E-state index < -0.39 is 6.09 Å². The van der Waals surface area contributed by atoms with Crippen molar-refractivity contribution in [3.05, 3.63) is 84.4 Å². The van der Waals surface area contributed by atoms with Crippen molar-refractivity contribution in [3.8, 4) is 5.75 Å². The fraction of sp³-hybridized carbons (Fsp3) is 0.286. The van der Waals surface area contributed by atoms with Gasteiger partial charge in [-0.25, -0.2) is 4.79 Å². The highest BCUT2D eigenvalue weighted by Gasteiger charge is 2.24. The van der Waals surface area contributed by atoms with Crippen LogP contribution in [-0.2, 0) is 0 Å². The van der Waals surface area contributed by atoms with E-state index in [4.69, 9.17) is 4.74 Å². The molecular weight excluding hydrogens is 426 g/mol. The maximum Gasteiger partial charge on any atom is 0.419 e. The average molecular weight is 458 g/mol. The number of carbonyl (C=O) groups excluding carboxylic acids is 2. The van der Waals surface area contributed by atoms with Crippen LogP contribution >= 0.6 is 0 Å². The first kappa shape index (κ1) is 23.4. The summed E-state index contributed by atoms with van der Waals surface area (Å²) in [4.78, 5) is 29.0. The van der Waals surface area contributed by atoms with E-state index in [2.05, 4.69) is 24.1 Å². The number of amides is 2. The van der Waals surface area contributed by atoms with Gasteiger partial charge in [-0.05, 0) is 93.8 Å². The van der Waals surface area contributed by atoms with Crippen LogP contribution in [0, 0.1) is 0 Å². The molecule has 4 rings (SSSR count). The van der Waals surface area contributed by atoms with Gasteiger partial charge >= 0.3 is 6.09 Å². The van der Waals surface area contributed by atoms with Crippen LogP contribution in [0.3, 0.4) is 0 Å². The van der Waals surface area contributed by atoms with Gasteiger partial charge in [0.1, 0.15) is 5.75 Å². The highest BCUT2D eigenvalue weighted by atomic mass is 16.6. The number of nitrogens with one attached hydrogen (secondary N) is 1. The van der Waals surface area contributed by atoms with Crippen molar-refractivity contribution in [1.29, 1.82) is 0 Å². The quantitative estimate of drug-likeness (QED) is 0.485. The number of hydrogen-bond acceptors (Lipinski definition) is 4. The summed E-state index contributed by atoms with van der Waals surface area (Å²) in [5.74, 6) is 0.222. The molecule has 2 atom stereocenters. The van der Waals surface area contributed by atoms with Crippen LogP contribution in [0.4, 0.5) is 21.9 Å². The van der Waals surface area contributed by atoms with Gasteiger partial charge < -0.3 is 15.0 Å². The molecule has 1 heterocycles. The van der Waals surface area contributed by atoms with Gasteiger partial charge in [0.15, 0.2) is 0 Å². The maximum absolute atomic E-state index is 12.7. The summed E-state index contributed by atoms with van der Waals surface area (Å²) in [5.41, 5.74) is 3.12. The van der Waals surface area contributed by atoms with Crippen molar-refractivity contribution in [3.63, 3.8) is 0 Å². The molecule has 0 saturated carbocycles.